The van der Waals surface area contributed by atoms with E-state index >= 15 is 0 Å². The van der Waals surface area contributed by atoms with Crippen molar-refractivity contribution in [2.24, 2.45) is 5.92 Å². The van der Waals surface area contributed by atoms with Crippen molar-refractivity contribution in [2.75, 3.05) is 26.7 Å². The van der Waals surface area contributed by atoms with Gasteiger partial charge in [-0.05, 0) is 43.5 Å². The lowest BCUT2D eigenvalue weighted by atomic mass is 9.93. The molecule has 2 aliphatic heterocycles. The van der Waals surface area contributed by atoms with Gasteiger partial charge in [0, 0.05) is 19.1 Å². The molecular formula is C15H21ClN2O3. The van der Waals surface area contributed by atoms with Crippen LogP contribution in [0.15, 0.2) is 18.2 Å². The molecule has 2 aliphatic rings. The number of halogens is 1. The third kappa shape index (κ3) is 3.09. The molecule has 1 amide bonds. The number of rotatable bonds is 2. The highest BCUT2D eigenvalue weighted by Gasteiger charge is 2.35. The second-order valence-corrected chi connectivity index (χ2v) is 5.53. The molecule has 2 N–H and O–H groups in total. The number of likely N-dealkylation sites (tertiary alicyclic amines) is 1. The van der Waals surface area contributed by atoms with Crippen molar-refractivity contribution in [3.8, 4) is 11.5 Å². The van der Waals surface area contributed by atoms with Gasteiger partial charge in [0.05, 0.1) is 12.7 Å². The highest BCUT2D eigenvalue weighted by Crippen LogP contribution is 2.29. The maximum atomic E-state index is 12.6. The smallest absolute Gasteiger partial charge is 0.257 e. The molecule has 3 rings (SSSR count). The summed E-state index contributed by atoms with van der Waals surface area (Å²) in [5.74, 6) is 1.04. The number of methoxy groups -OCH3 is 1. The summed E-state index contributed by atoms with van der Waals surface area (Å²) in [6.45, 7) is 2.55. The number of hydrogen-bond donors (Lipinski definition) is 2. The molecule has 1 aromatic carbocycles. The molecule has 0 aromatic heterocycles. The summed E-state index contributed by atoms with van der Waals surface area (Å²) in [4.78, 5) is 14.4. The van der Waals surface area contributed by atoms with Crippen LogP contribution in [0.2, 0.25) is 0 Å². The molecule has 2 saturated heterocycles. The Labute approximate surface area is 130 Å². The van der Waals surface area contributed by atoms with Crippen LogP contribution in [-0.2, 0) is 0 Å². The molecule has 2 heterocycles. The van der Waals surface area contributed by atoms with Gasteiger partial charge in [0.2, 0.25) is 0 Å². The maximum absolute atomic E-state index is 12.6. The van der Waals surface area contributed by atoms with Crippen molar-refractivity contribution in [1.82, 2.24) is 10.2 Å². The Bertz CT molecular complexity index is 524. The second-order valence-electron chi connectivity index (χ2n) is 5.53. The fourth-order valence-electron chi connectivity index (χ4n) is 3.22. The first-order chi connectivity index (χ1) is 9.69. The Kier molecular flexibility index (Phi) is 4.96. The first-order valence-electron chi connectivity index (χ1n) is 7.08. The van der Waals surface area contributed by atoms with Gasteiger partial charge in [0.1, 0.15) is 11.5 Å². The van der Waals surface area contributed by atoms with E-state index in [1.165, 1.54) is 6.07 Å². The number of aromatic hydroxyl groups is 1. The molecule has 5 nitrogen and oxygen atoms in total. The molecule has 1 aromatic rings. The Balaban J connectivity index is 0.00000161. The van der Waals surface area contributed by atoms with Crippen molar-refractivity contribution >= 4 is 18.3 Å². The summed E-state index contributed by atoms with van der Waals surface area (Å²) in [6, 6.07) is 5.32. The lowest BCUT2D eigenvalue weighted by Gasteiger charge is -2.35. The third-order valence-electron chi connectivity index (χ3n) is 4.38. The lowest BCUT2D eigenvalue weighted by molar-refractivity contribution is 0.0658. The largest absolute Gasteiger partial charge is 0.507 e. The van der Waals surface area contributed by atoms with Crippen LogP contribution in [0, 0.1) is 5.92 Å². The molecule has 0 saturated carbocycles. The van der Waals surface area contributed by atoms with Gasteiger partial charge in [-0.1, -0.05) is 0 Å². The van der Waals surface area contributed by atoms with Crippen LogP contribution in [0.3, 0.4) is 0 Å². The monoisotopic (exact) mass is 312 g/mol. The summed E-state index contributed by atoms with van der Waals surface area (Å²) in [5, 5.41) is 13.4. The zero-order valence-electron chi connectivity index (χ0n) is 12.0. The van der Waals surface area contributed by atoms with Crippen LogP contribution in [0.1, 0.15) is 23.2 Å². The van der Waals surface area contributed by atoms with E-state index in [4.69, 9.17) is 4.74 Å². The predicted molar refractivity (Wildman–Crippen MR) is 82.3 cm³/mol. The highest BCUT2D eigenvalue weighted by atomic mass is 35.5. The van der Waals surface area contributed by atoms with Gasteiger partial charge in [-0.15, -0.1) is 12.4 Å². The van der Waals surface area contributed by atoms with E-state index in [9.17, 15) is 9.90 Å². The molecule has 116 valence electrons. The van der Waals surface area contributed by atoms with Gasteiger partial charge in [0.15, 0.2) is 0 Å². The standard InChI is InChI=1S/C15H20N2O3.ClH/c1-20-11-2-3-14(18)12(8-11)15(19)17-7-5-13-10(9-17)4-6-16-13;/h2-3,8,10,13,16,18H,4-7,9H2,1H3;1H. The van der Waals surface area contributed by atoms with Crippen LogP contribution in [0.25, 0.3) is 0 Å². The summed E-state index contributed by atoms with van der Waals surface area (Å²) in [5.41, 5.74) is 0.328. The Hall–Kier alpha value is -1.46. The van der Waals surface area contributed by atoms with E-state index in [0.29, 0.717) is 23.3 Å². The number of amides is 1. The average molecular weight is 313 g/mol. The predicted octanol–water partition coefficient (Wildman–Crippen LogP) is 1.65. The normalized spacial score (nSPS) is 24.1. The fourth-order valence-corrected chi connectivity index (χ4v) is 3.22. The number of benzene rings is 1. The highest BCUT2D eigenvalue weighted by molar-refractivity contribution is 5.97. The van der Waals surface area contributed by atoms with Gasteiger partial charge >= 0.3 is 0 Å². The quantitative estimate of drug-likeness (QED) is 0.871. The second kappa shape index (κ2) is 6.54. The zero-order chi connectivity index (χ0) is 14.1. The van der Waals surface area contributed by atoms with Crippen LogP contribution < -0.4 is 10.1 Å². The number of piperidine rings is 1. The number of hydrogen-bond acceptors (Lipinski definition) is 4. The maximum Gasteiger partial charge on any atom is 0.257 e. The van der Waals surface area contributed by atoms with Crippen molar-refractivity contribution in [3.05, 3.63) is 23.8 Å². The van der Waals surface area contributed by atoms with Crippen molar-refractivity contribution in [3.63, 3.8) is 0 Å². The lowest BCUT2D eigenvalue weighted by Crippen LogP contribution is -2.46. The summed E-state index contributed by atoms with van der Waals surface area (Å²) < 4.78 is 5.12. The number of fused-ring (bicyclic) bond motifs is 1. The first kappa shape index (κ1) is 15.9. The molecule has 0 radical (unpaired) electrons. The molecule has 21 heavy (non-hydrogen) atoms. The Morgan fingerprint density at radius 3 is 3.00 bits per heavy atom. The van der Waals surface area contributed by atoms with Gasteiger partial charge in [-0.3, -0.25) is 4.79 Å². The summed E-state index contributed by atoms with van der Waals surface area (Å²) in [6.07, 6.45) is 2.11. The topological polar surface area (TPSA) is 61.8 Å². The molecule has 6 heteroatoms. The van der Waals surface area contributed by atoms with Crippen molar-refractivity contribution in [2.45, 2.75) is 18.9 Å². The number of nitrogens with zero attached hydrogens (tertiary/aromatic N) is 1. The first-order valence-corrected chi connectivity index (χ1v) is 7.08. The zero-order valence-corrected chi connectivity index (χ0v) is 12.9. The number of carbonyl (C=O) groups excluding carboxylic acids is 1. The number of nitrogens with one attached hydrogen (secondary N) is 1. The van der Waals surface area contributed by atoms with Gasteiger partial charge in [-0.25, -0.2) is 0 Å². The summed E-state index contributed by atoms with van der Waals surface area (Å²) >= 11 is 0. The van der Waals surface area contributed by atoms with Gasteiger partial charge < -0.3 is 20.1 Å². The van der Waals surface area contributed by atoms with Crippen molar-refractivity contribution < 1.29 is 14.6 Å². The molecule has 0 aliphatic carbocycles. The van der Waals surface area contributed by atoms with E-state index in [1.54, 1.807) is 19.2 Å². The van der Waals surface area contributed by atoms with Gasteiger partial charge in [-0.2, -0.15) is 0 Å². The van der Waals surface area contributed by atoms with E-state index in [0.717, 1.165) is 32.5 Å². The molecule has 2 fully saturated rings. The Morgan fingerprint density at radius 2 is 2.24 bits per heavy atom. The number of phenolic OH excluding ortho intramolecular Hbond substituents is 1. The van der Waals surface area contributed by atoms with Crippen molar-refractivity contribution in [1.29, 1.82) is 0 Å². The Morgan fingerprint density at radius 1 is 1.43 bits per heavy atom. The third-order valence-corrected chi connectivity index (χ3v) is 4.38. The summed E-state index contributed by atoms with van der Waals surface area (Å²) in [7, 11) is 1.55. The molecular weight excluding hydrogens is 292 g/mol. The van der Waals surface area contributed by atoms with E-state index < -0.39 is 0 Å². The fraction of sp³-hybridized carbons (Fsp3) is 0.533. The number of ether oxygens (including phenoxy) is 1. The van der Waals surface area contributed by atoms with E-state index in [1.807, 2.05) is 4.90 Å². The van der Waals surface area contributed by atoms with Crippen LogP contribution in [0.4, 0.5) is 0 Å². The number of carbonyl (C=O) groups is 1. The minimum absolute atomic E-state index is 0. The molecule has 0 bridgehead atoms. The molecule has 0 spiro atoms. The van der Waals surface area contributed by atoms with Crippen LogP contribution in [-0.4, -0.2) is 48.7 Å². The minimum atomic E-state index is -0.105. The molecule has 2 unspecified atom stereocenters. The average Bonchev–Trinajstić information content (AvgIpc) is 2.94. The van der Waals surface area contributed by atoms with Gasteiger partial charge in [0.25, 0.3) is 5.91 Å². The number of phenols is 1. The molecule has 2 atom stereocenters. The van der Waals surface area contributed by atoms with E-state index in [-0.39, 0.29) is 24.1 Å². The van der Waals surface area contributed by atoms with Crippen LogP contribution in [0.5, 0.6) is 11.5 Å². The van der Waals surface area contributed by atoms with Crippen LogP contribution >= 0.6 is 12.4 Å². The minimum Gasteiger partial charge on any atom is -0.507 e. The van der Waals surface area contributed by atoms with E-state index in [2.05, 4.69) is 5.32 Å². The SMILES string of the molecule is COc1ccc(O)c(C(=O)N2CCC3NCCC3C2)c1.Cl.